The van der Waals surface area contributed by atoms with E-state index in [1.165, 1.54) is 7.05 Å². The minimum atomic E-state index is -0.965. The summed E-state index contributed by atoms with van der Waals surface area (Å²) in [4.78, 5) is 16.3. The van der Waals surface area contributed by atoms with Gasteiger partial charge < -0.3 is 20.6 Å². The number of nitrogens with zero attached hydrogens (tertiary/aromatic N) is 2. The van der Waals surface area contributed by atoms with Crippen molar-refractivity contribution in [2.24, 2.45) is 5.73 Å². The van der Waals surface area contributed by atoms with Crippen LogP contribution in [0, 0.1) is 0 Å². The van der Waals surface area contributed by atoms with Gasteiger partial charge in [-0.3, -0.25) is 0 Å². The van der Waals surface area contributed by atoms with E-state index in [0.29, 0.717) is 18.7 Å². The van der Waals surface area contributed by atoms with Crippen LogP contribution in [0.15, 0.2) is 60.7 Å². The summed E-state index contributed by atoms with van der Waals surface area (Å²) in [6, 6.07) is 19.5. The Morgan fingerprint density at radius 1 is 1.11 bits per heavy atom. The van der Waals surface area contributed by atoms with Crippen molar-refractivity contribution in [1.29, 1.82) is 0 Å². The van der Waals surface area contributed by atoms with E-state index in [9.17, 15) is 9.90 Å². The molecule has 0 atom stereocenters. The van der Waals surface area contributed by atoms with Crippen molar-refractivity contribution in [3.63, 3.8) is 0 Å². The number of hydrogen-bond donors (Lipinski definition) is 4. The van der Waals surface area contributed by atoms with Crippen LogP contribution in [0.1, 0.15) is 21.7 Å². The molecule has 2 heterocycles. The number of pyridine rings is 1. The standard InChI is InChI=1S/C20H17N3O2.CH5NO/c21-11-16-9-8-14-10-18(20(24)25)23(19(14)22-16)12-15-6-3-5-13-4-1-2-7-17(13)15;1-2-3/h1-10H,11-12,21H2,(H,24,25);2-3H,1H3. The molecular formula is C21H22N4O3. The summed E-state index contributed by atoms with van der Waals surface area (Å²) in [5, 5.41) is 20.0. The van der Waals surface area contributed by atoms with E-state index in [0.717, 1.165) is 27.4 Å². The van der Waals surface area contributed by atoms with E-state index in [4.69, 9.17) is 10.9 Å². The van der Waals surface area contributed by atoms with E-state index < -0.39 is 5.97 Å². The molecule has 144 valence electrons. The number of hydrogen-bond acceptors (Lipinski definition) is 5. The summed E-state index contributed by atoms with van der Waals surface area (Å²) >= 11 is 0. The highest BCUT2D eigenvalue weighted by molar-refractivity contribution is 5.94. The van der Waals surface area contributed by atoms with E-state index in [1.807, 2.05) is 36.4 Å². The summed E-state index contributed by atoms with van der Waals surface area (Å²) in [5.41, 5.74) is 10.1. The summed E-state index contributed by atoms with van der Waals surface area (Å²) in [5.74, 6) is -0.965. The molecule has 4 aromatic rings. The number of rotatable bonds is 4. The Kier molecular flexibility index (Phi) is 6.00. The predicted molar refractivity (Wildman–Crippen MR) is 108 cm³/mol. The second kappa shape index (κ2) is 8.62. The maximum Gasteiger partial charge on any atom is 0.352 e. The van der Waals surface area contributed by atoms with Gasteiger partial charge in [0.2, 0.25) is 0 Å². The molecule has 0 spiro atoms. The Balaban J connectivity index is 0.000000706. The van der Waals surface area contributed by atoms with Crippen LogP contribution < -0.4 is 11.2 Å². The first-order valence-electron chi connectivity index (χ1n) is 8.79. The van der Waals surface area contributed by atoms with Gasteiger partial charge >= 0.3 is 5.97 Å². The molecule has 7 nitrogen and oxygen atoms in total. The Morgan fingerprint density at radius 2 is 1.82 bits per heavy atom. The third kappa shape index (κ3) is 3.86. The van der Waals surface area contributed by atoms with Gasteiger partial charge in [-0.2, -0.15) is 0 Å². The number of aromatic carboxylic acids is 1. The lowest BCUT2D eigenvalue weighted by Gasteiger charge is -2.11. The van der Waals surface area contributed by atoms with Crippen LogP contribution in [0.5, 0.6) is 0 Å². The molecule has 28 heavy (non-hydrogen) atoms. The number of nitrogens with two attached hydrogens (primary N) is 1. The fourth-order valence-corrected chi connectivity index (χ4v) is 3.22. The summed E-state index contributed by atoms with van der Waals surface area (Å²) in [6.45, 7) is 0.755. The molecule has 0 aliphatic heterocycles. The molecule has 4 rings (SSSR count). The summed E-state index contributed by atoms with van der Waals surface area (Å²) in [6.07, 6.45) is 0. The fraction of sp³-hybridized carbons (Fsp3) is 0.143. The molecule has 0 saturated carbocycles. The SMILES string of the molecule is CNO.NCc1ccc2cc(C(=O)O)n(Cc3cccc4ccccc34)c2n1. The van der Waals surface area contributed by atoms with E-state index in [2.05, 4.69) is 23.2 Å². The normalized spacial score (nSPS) is 10.7. The Bertz CT molecular complexity index is 1120. The van der Waals surface area contributed by atoms with Gasteiger partial charge in [-0.05, 0) is 34.5 Å². The Hall–Kier alpha value is -3.26. The van der Waals surface area contributed by atoms with Crippen molar-refractivity contribution in [3.8, 4) is 0 Å². The highest BCUT2D eigenvalue weighted by atomic mass is 16.5. The molecule has 0 amide bonds. The van der Waals surface area contributed by atoms with Gasteiger partial charge in [0.05, 0.1) is 12.2 Å². The van der Waals surface area contributed by atoms with Gasteiger partial charge in [0.1, 0.15) is 11.3 Å². The van der Waals surface area contributed by atoms with Crippen molar-refractivity contribution in [2.45, 2.75) is 13.1 Å². The molecule has 7 heteroatoms. The smallest absolute Gasteiger partial charge is 0.352 e. The lowest BCUT2D eigenvalue weighted by Crippen LogP contribution is -2.11. The van der Waals surface area contributed by atoms with Gasteiger partial charge in [-0.15, -0.1) is 0 Å². The zero-order valence-electron chi connectivity index (χ0n) is 15.5. The second-order valence-electron chi connectivity index (χ2n) is 6.20. The largest absolute Gasteiger partial charge is 0.477 e. The Labute approximate surface area is 162 Å². The molecule has 0 saturated heterocycles. The number of carboxylic acid groups (broad SMARTS) is 1. The molecule has 0 unspecified atom stereocenters. The number of hydroxylamine groups is 1. The summed E-state index contributed by atoms with van der Waals surface area (Å²) in [7, 11) is 1.43. The van der Waals surface area contributed by atoms with Crippen molar-refractivity contribution in [1.82, 2.24) is 15.0 Å². The molecule has 5 N–H and O–H groups in total. The highest BCUT2D eigenvalue weighted by Crippen LogP contribution is 2.24. The van der Waals surface area contributed by atoms with Crippen LogP contribution in [0.25, 0.3) is 21.8 Å². The highest BCUT2D eigenvalue weighted by Gasteiger charge is 2.17. The number of carbonyl (C=O) groups is 1. The molecule has 0 fully saturated rings. The number of fused-ring (bicyclic) bond motifs is 2. The van der Waals surface area contributed by atoms with Crippen LogP contribution in [-0.2, 0) is 13.1 Å². The zero-order valence-corrected chi connectivity index (χ0v) is 15.5. The minimum absolute atomic E-state index is 0.226. The maximum atomic E-state index is 11.7. The average Bonchev–Trinajstić information content (AvgIpc) is 3.07. The van der Waals surface area contributed by atoms with Gasteiger partial charge in [-0.25, -0.2) is 15.3 Å². The molecule has 0 bridgehead atoms. The van der Waals surface area contributed by atoms with Crippen LogP contribution in [-0.4, -0.2) is 32.9 Å². The second-order valence-corrected chi connectivity index (χ2v) is 6.20. The Morgan fingerprint density at radius 3 is 2.54 bits per heavy atom. The summed E-state index contributed by atoms with van der Waals surface area (Å²) < 4.78 is 1.75. The molecule has 0 aliphatic carbocycles. The molecule has 0 radical (unpaired) electrons. The van der Waals surface area contributed by atoms with Crippen LogP contribution in [0.2, 0.25) is 0 Å². The quantitative estimate of drug-likeness (QED) is 0.406. The first-order chi connectivity index (χ1) is 13.6. The third-order valence-electron chi connectivity index (χ3n) is 4.44. The number of benzene rings is 2. The monoisotopic (exact) mass is 378 g/mol. The van der Waals surface area contributed by atoms with Gasteiger partial charge in [0.25, 0.3) is 0 Å². The third-order valence-corrected chi connectivity index (χ3v) is 4.44. The molecule has 2 aromatic heterocycles. The topological polar surface area (TPSA) is 113 Å². The lowest BCUT2D eigenvalue weighted by atomic mass is 10.0. The average molecular weight is 378 g/mol. The fourth-order valence-electron chi connectivity index (χ4n) is 3.22. The number of aromatic nitrogens is 2. The van der Waals surface area contributed by atoms with E-state index in [-0.39, 0.29) is 5.69 Å². The van der Waals surface area contributed by atoms with Gasteiger partial charge in [-0.1, -0.05) is 42.5 Å². The van der Waals surface area contributed by atoms with E-state index in [1.54, 1.807) is 16.1 Å². The van der Waals surface area contributed by atoms with Crippen molar-refractivity contribution in [3.05, 3.63) is 77.6 Å². The van der Waals surface area contributed by atoms with Crippen molar-refractivity contribution in [2.75, 3.05) is 7.05 Å². The first-order valence-corrected chi connectivity index (χ1v) is 8.79. The van der Waals surface area contributed by atoms with Crippen LogP contribution in [0.4, 0.5) is 0 Å². The predicted octanol–water partition coefficient (Wildman–Crippen LogP) is 2.99. The van der Waals surface area contributed by atoms with Crippen molar-refractivity contribution >= 4 is 27.8 Å². The molecule has 0 aliphatic rings. The lowest BCUT2D eigenvalue weighted by molar-refractivity contribution is 0.0686. The van der Waals surface area contributed by atoms with E-state index >= 15 is 0 Å². The van der Waals surface area contributed by atoms with Gasteiger partial charge in [0.15, 0.2) is 0 Å². The maximum absolute atomic E-state index is 11.7. The molecular weight excluding hydrogens is 356 g/mol. The van der Waals surface area contributed by atoms with Crippen LogP contribution in [0.3, 0.4) is 0 Å². The van der Waals surface area contributed by atoms with Crippen molar-refractivity contribution < 1.29 is 15.1 Å². The number of carboxylic acids is 1. The number of nitrogens with one attached hydrogen (secondary N) is 1. The molecule has 2 aromatic carbocycles. The zero-order chi connectivity index (χ0) is 20.1. The minimum Gasteiger partial charge on any atom is -0.477 e. The van der Waals surface area contributed by atoms with Crippen LogP contribution >= 0.6 is 0 Å². The first kappa shape index (κ1) is 19.5. The van der Waals surface area contributed by atoms with Gasteiger partial charge in [0, 0.05) is 19.0 Å².